The van der Waals surface area contributed by atoms with Crippen molar-refractivity contribution in [2.45, 2.75) is 33.0 Å². The van der Waals surface area contributed by atoms with Gasteiger partial charge in [0, 0.05) is 39.3 Å². The highest BCUT2D eigenvalue weighted by Gasteiger charge is 2.24. The monoisotopic (exact) mass is 219 g/mol. The Morgan fingerprint density at radius 3 is 2.07 bits per heavy atom. The van der Waals surface area contributed by atoms with Gasteiger partial charge in [-0.15, -0.1) is 0 Å². The van der Waals surface area contributed by atoms with Gasteiger partial charge in [-0.2, -0.15) is 0 Å². The van der Waals surface area contributed by atoms with Crippen LogP contribution in [-0.4, -0.2) is 45.3 Å². The molecule has 0 fully saturated rings. The third kappa shape index (κ3) is 4.93. The maximum atomic E-state index is 9.35. The third-order valence-corrected chi connectivity index (χ3v) is 3.17. The van der Waals surface area contributed by atoms with Crippen LogP contribution in [0.2, 0.25) is 0 Å². The quantitative estimate of drug-likeness (QED) is 0.568. The van der Waals surface area contributed by atoms with E-state index in [0.717, 1.165) is 19.4 Å². The van der Waals surface area contributed by atoms with E-state index in [0.29, 0.717) is 6.54 Å². The summed E-state index contributed by atoms with van der Waals surface area (Å²) in [5.41, 5.74) is -0.00790. The molecule has 0 rings (SSSR count). The average Bonchev–Trinajstić information content (AvgIpc) is 2.31. The number of nitrogens with one attached hydrogen (secondary N) is 1. The van der Waals surface area contributed by atoms with Crippen molar-refractivity contribution in [2.24, 2.45) is 5.41 Å². The van der Waals surface area contributed by atoms with Crippen LogP contribution < -0.4 is 5.32 Å². The molecule has 4 nitrogen and oxygen atoms in total. The van der Waals surface area contributed by atoms with Gasteiger partial charge in [-0.1, -0.05) is 13.8 Å². The van der Waals surface area contributed by atoms with E-state index < -0.39 is 0 Å². The van der Waals surface area contributed by atoms with Crippen molar-refractivity contribution in [3.05, 3.63) is 0 Å². The van der Waals surface area contributed by atoms with Crippen LogP contribution in [0.4, 0.5) is 0 Å². The fourth-order valence-corrected chi connectivity index (χ4v) is 1.50. The molecule has 0 saturated carbocycles. The van der Waals surface area contributed by atoms with Crippen molar-refractivity contribution in [3.8, 4) is 0 Å². The molecule has 0 unspecified atom stereocenters. The summed E-state index contributed by atoms with van der Waals surface area (Å²) in [5, 5.41) is 12.6. The molecule has 0 bridgehead atoms. The van der Waals surface area contributed by atoms with Crippen LogP contribution in [0.1, 0.15) is 26.7 Å². The normalized spacial score (nSPS) is 12.4. The molecular formula is C11H25NO3. The van der Waals surface area contributed by atoms with E-state index in [4.69, 9.17) is 9.47 Å². The summed E-state index contributed by atoms with van der Waals surface area (Å²) in [6, 6.07) is 0. The van der Waals surface area contributed by atoms with Crippen molar-refractivity contribution in [1.82, 2.24) is 5.32 Å². The maximum Gasteiger partial charge on any atom is 0.169 e. The van der Waals surface area contributed by atoms with Gasteiger partial charge in [0.1, 0.15) is 0 Å². The minimum atomic E-state index is -0.213. The van der Waals surface area contributed by atoms with E-state index in [-0.39, 0.29) is 18.3 Å². The van der Waals surface area contributed by atoms with Gasteiger partial charge in [0.2, 0.25) is 0 Å². The number of hydrogen-bond donors (Lipinski definition) is 2. The Morgan fingerprint density at radius 2 is 1.73 bits per heavy atom. The molecule has 0 heterocycles. The smallest absolute Gasteiger partial charge is 0.169 e. The minimum absolute atomic E-state index is 0.00790. The lowest BCUT2D eigenvalue weighted by atomic mass is 9.83. The van der Waals surface area contributed by atoms with Crippen LogP contribution in [0.25, 0.3) is 0 Å². The van der Waals surface area contributed by atoms with Crippen molar-refractivity contribution < 1.29 is 14.6 Å². The summed E-state index contributed by atoms with van der Waals surface area (Å²) in [6.07, 6.45) is 1.73. The predicted octanol–water partition coefficient (Wildman–Crippen LogP) is 0.994. The Kier molecular flexibility index (Phi) is 7.96. The van der Waals surface area contributed by atoms with Gasteiger partial charge < -0.3 is 19.9 Å². The summed E-state index contributed by atoms with van der Waals surface area (Å²) in [7, 11) is 3.24. The lowest BCUT2D eigenvalue weighted by molar-refractivity contribution is -0.0999. The first-order valence-corrected chi connectivity index (χ1v) is 5.55. The van der Waals surface area contributed by atoms with Crippen LogP contribution in [0.3, 0.4) is 0 Å². The molecule has 0 aromatic heterocycles. The van der Waals surface area contributed by atoms with E-state index in [1.807, 2.05) is 0 Å². The van der Waals surface area contributed by atoms with Crippen LogP contribution in [0, 0.1) is 5.41 Å². The first kappa shape index (κ1) is 14.8. The number of aliphatic hydroxyl groups is 1. The van der Waals surface area contributed by atoms with Crippen molar-refractivity contribution >= 4 is 0 Å². The van der Waals surface area contributed by atoms with Gasteiger partial charge in [0.25, 0.3) is 0 Å². The first-order valence-electron chi connectivity index (χ1n) is 5.55. The van der Waals surface area contributed by atoms with Crippen LogP contribution >= 0.6 is 0 Å². The van der Waals surface area contributed by atoms with Crippen LogP contribution in [0.15, 0.2) is 0 Å². The minimum Gasteiger partial charge on any atom is -0.396 e. The zero-order valence-corrected chi connectivity index (χ0v) is 10.4. The third-order valence-electron chi connectivity index (χ3n) is 3.17. The number of aliphatic hydroxyl groups excluding tert-OH is 1. The van der Waals surface area contributed by atoms with Crippen molar-refractivity contribution in [2.75, 3.05) is 33.9 Å². The molecule has 0 aliphatic rings. The van der Waals surface area contributed by atoms with E-state index >= 15 is 0 Å². The van der Waals surface area contributed by atoms with Crippen LogP contribution in [-0.2, 0) is 9.47 Å². The topological polar surface area (TPSA) is 50.7 Å². The Labute approximate surface area is 93.0 Å². The highest BCUT2D eigenvalue weighted by atomic mass is 16.7. The molecule has 15 heavy (non-hydrogen) atoms. The first-order chi connectivity index (χ1) is 7.17. The molecule has 0 aliphatic carbocycles. The van der Waals surface area contributed by atoms with Crippen molar-refractivity contribution in [3.63, 3.8) is 0 Å². The molecule has 0 aliphatic heterocycles. The molecule has 0 atom stereocenters. The highest BCUT2D eigenvalue weighted by Crippen LogP contribution is 2.24. The van der Waals surface area contributed by atoms with E-state index in [9.17, 15) is 5.11 Å². The van der Waals surface area contributed by atoms with Gasteiger partial charge in [0.15, 0.2) is 6.29 Å². The molecule has 92 valence electrons. The molecule has 0 aromatic carbocycles. The summed E-state index contributed by atoms with van der Waals surface area (Å²) < 4.78 is 10.1. The highest BCUT2D eigenvalue weighted by molar-refractivity contribution is 4.78. The molecular weight excluding hydrogens is 194 g/mol. The fraction of sp³-hybridized carbons (Fsp3) is 1.00. The molecule has 0 aromatic rings. The summed E-state index contributed by atoms with van der Waals surface area (Å²) >= 11 is 0. The Bertz CT molecular complexity index is 137. The predicted molar refractivity (Wildman–Crippen MR) is 60.8 cm³/mol. The molecule has 0 amide bonds. The summed E-state index contributed by atoms with van der Waals surface area (Å²) in [6.45, 7) is 5.86. The van der Waals surface area contributed by atoms with E-state index in [1.165, 1.54) is 0 Å². The van der Waals surface area contributed by atoms with Gasteiger partial charge >= 0.3 is 0 Å². The zero-order chi connectivity index (χ0) is 11.7. The lowest BCUT2D eigenvalue weighted by Crippen LogP contribution is -2.40. The molecule has 0 spiro atoms. The Morgan fingerprint density at radius 1 is 1.20 bits per heavy atom. The average molecular weight is 219 g/mol. The van der Waals surface area contributed by atoms with Gasteiger partial charge in [-0.25, -0.2) is 0 Å². The molecule has 2 N–H and O–H groups in total. The molecule has 4 heteroatoms. The van der Waals surface area contributed by atoms with Gasteiger partial charge in [-0.3, -0.25) is 0 Å². The molecule has 0 radical (unpaired) electrons. The van der Waals surface area contributed by atoms with Crippen LogP contribution in [0.5, 0.6) is 0 Å². The summed E-state index contributed by atoms with van der Waals surface area (Å²) in [4.78, 5) is 0. The Hall–Kier alpha value is -0.160. The maximum absolute atomic E-state index is 9.35. The second kappa shape index (κ2) is 8.05. The largest absolute Gasteiger partial charge is 0.396 e. The summed E-state index contributed by atoms with van der Waals surface area (Å²) in [5.74, 6) is 0. The fourth-order valence-electron chi connectivity index (χ4n) is 1.50. The van der Waals surface area contributed by atoms with Gasteiger partial charge in [-0.05, 0) is 12.8 Å². The van der Waals surface area contributed by atoms with E-state index in [2.05, 4.69) is 19.2 Å². The molecule has 0 saturated heterocycles. The van der Waals surface area contributed by atoms with Crippen molar-refractivity contribution in [1.29, 1.82) is 0 Å². The number of ether oxygens (including phenoxy) is 2. The number of hydrogen-bond acceptors (Lipinski definition) is 4. The number of rotatable bonds is 9. The van der Waals surface area contributed by atoms with Gasteiger partial charge in [0.05, 0.1) is 0 Å². The Balaban J connectivity index is 3.89. The second-order valence-electron chi connectivity index (χ2n) is 3.90. The zero-order valence-electron chi connectivity index (χ0n) is 10.4. The second-order valence-corrected chi connectivity index (χ2v) is 3.90. The SMILES string of the molecule is CCC(CC)(CO)CNCC(OC)OC. The van der Waals surface area contributed by atoms with E-state index in [1.54, 1.807) is 14.2 Å². The standard InChI is InChI=1S/C11H25NO3/c1-5-11(6-2,9-13)8-12-7-10(14-3)15-4/h10,12-13H,5-9H2,1-4H3. The lowest BCUT2D eigenvalue weighted by Gasteiger charge is -2.30. The number of methoxy groups -OCH3 is 2.